The quantitative estimate of drug-likeness (QED) is 0.738. The molecule has 0 atom stereocenters. The third kappa shape index (κ3) is 2.65. The lowest BCUT2D eigenvalue weighted by molar-refractivity contribution is -0.121. The number of amides is 1. The van der Waals surface area contributed by atoms with E-state index in [-0.39, 0.29) is 18.1 Å². The maximum atomic E-state index is 12.0. The fourth-order valence-corrected chi connectivity index (χ4v) is 1.88. The van der Waals surface area contributed by atoms with Gasteiger partial charge in [-0.05, 0) is 12.1 Å². The van der Waals surface area contributed by atoms with Gasteiger partial charge < -0.3 is 10.1 Å². The molecule has 0 radical (unpaired) electrons. The maximum Gasteiger partial charge on any atom is 0.330 e. The maximum absolute atomic E-state index is 12.0. The second-order valence-corrected chi connectivity index (χ2v) is 4.12. The Balaban J connectivity index is 2.23. The van der Waals surface area contributed by atoms with Crippen molar-refractivity contribution in [2.75, 3.05) is 20.3 Å². The molecular weight excluding hydrogens is 248 g/mol. The molecule has 1 amide bonds. The van der Waals surface area contributed by atoms with Crippen LogP contribution in [0.4, 0.5) is 0 Å². The van der Waals surface area contributed by atoms with E-state index >= 15 is 0 Å². The molecule has 2 aromatic heterocycles. The number of hydrogen-bond donors (Lipinski definition) is 1. The number of rotatable bonds is 5. The smallest absolute Gasteiger partial charge is 0.330 e. The summed E-state index contributed by atoms with van der Waals surface area (Å²) >= 11 is 0. The van der Waals surface area contributed by atoms with Gasteiger partial charge in [-0.3, -0.25) is 13.9 Å². The highest BCUT2D eigenvalue weighted by Crippen LogP contribution is 2.07. The van der Waals surface area contributed by atoms with Gasteiger partial charge in [0.25, 0.3) is 0 Å². The predicted molar refractivity (Wildman–Crippen MR) is 69.9 cm³/mol. The van der Waals surface area contributed by atoms with E-state index in [1.807, 2.05) is 0 Å². The molecule has 19 heavy (non-hydrogen) atoms. The van der Waals surface area contributed by atoms with Crippen LogP contribution in [-0.2, 0) is 23.1 Å². The summed E-state index contributed by atoms with van der Waals surface area (Å²) in [6.45, 7) is 0.844. The molecule has 0 unspecified atom stereocenters. The number of aromatic nitrogens is 3. The van der Waals surface area contributed by atoms with Crippen LogP contribution in [0.5, 0.6) is 0 Å². The van der Waals surface area contributed by atoms with E-state index < -0.39 is 0 Å². The van der Waals surface area contributed by atoms with Gasteiger partial charge in [0.15, 0.2) is 5.65 Å². The van der Waals surface area contributed by atoms with Crippen molar-refractivity contribution in [1.29, 1.82) is 0 Å². The molecule has 7 nitrogen and oxygen atoms in total. The summed E-state index contributed by atoms with van der Waals surface area (Å²) in [5, 5.41) is 2.68. The zero-order chi connectivity index (χ0) is 13.8. The molecule has 0 fully saturated rings. The molecule has 0 saturated heterocycles. The minimum Gasteiger partial charge on any atom is -0.383 e. The van der Waals surface area contributed by atoms with Crippen molar-refractivity contribution in [2.45, 2.75) is 6.54 Å². The topological polar surface area (TPSA) is 78.1 Å². The molecule has 0 saturated carbocycles. The molecule has 2 rings (SSSR count). The fourth-order valence-electron chi connectivity index (χ4n) is 1.88. The molecule has 0 aliphatic heterocycles. The van der Waals surface area contributed by atoms with Gasteiger partial charge in [-0.25, -0.2) is 9.78 Å². The zero-order valence-electron chi connectivity index (χ0n) is 10.9. The van der Waals surface area contributed by atoms with Crippen molar-refractivity contribution in [1.82, 2.24) is 19.4 Å². The summed E-state index contributed by atoms with van der Waals surface area (Å²) in [5.74, 6) is -0.226. The minimum absolute atomic E-state index is 0.0222. The number of imidazole rings is 1. The number of methoxy groups -OCH3 is 1. The van der Waals surface area contributed by atoms with E-state index in [9.17, 15) is 9.59 Å². The summed E-state index contributed by atoms with van der Waals surface area (Å²) in [7, 11) is 3.20. The van der Waals surface area contributed by atoms with Crippen molar-refractivity contribution in [3.05, 3.63) is 28.8 Å². The number of ether oxygens (including phenoxy) is 1. The van der Waals surface area contributed by atoms with Gasteiger partial charge in [-0.2, -0.15) is 0 Å². The fraction of sp³-hybridized carbons (Fsp3) is 0.417. The Labute approximate surface area is 109 Å². The summed E-state index contributed by atoms with van der Waals surface area (Å²) in [5.41, 5.74) is 0.963. The van der Waals surface area contributed by atoms with E-state index in [2.05, 4.69) is 10.3 Å². The van der Waals surface area contributed by atoms with Gasteiger partial charge in [-0.1, -0.05) is 0 Å². The highest BCUT2D eigenvalue weighted by molar-refractivity contribution is 5.79. The molecule has 0 aliphatic carbocycles. The van der Waals surface area contributed by atoms with Crippen molar-refractivity contribution >= 4 is 17.1 Å². The number of carbonyl (C=O) groups is 1. The number of hydrogen-bond acceptors (Lipinski definition) is 4. The third-order valence-corrected chi connectivity index (χ3v) is 2.82. The Bertz CT molecular complexity index is 644. The number of nitrogens with one attached hydrogen (secondary N) is 1. The Morgan fingerprint density at radius 3 is 3.05 bits per heavy atom. The zero-order valence-corrected chi connectivity index (χ0v) is 10.9. The van der Waals surface area contributed by atoms with Gasteiger partial charge in [0.2, 0.25) is 5.91 Å². The Kier molecular flexibility index (Phi) is 3.96. The van der Waals surface area contributed by atoms with Crippen LogP contribution in [0.2, 0.25) is 0 Å². The van der Waals surface area contributed by atoms with Crippen molar-refractivity contribution < 1.29 is 9.53 Å². The summed E-state index contributed by atoms with van der Waals surface area (Å²) < 4.78 is 7.68. The number of fused-ring (bicyclic) bond motifs is 1. The lowest BCUT2D eigenvalue weighted by Gasteiger charge is -2.05. The highest BCUT2D eigenvalue weighted by Gasteiger charge is 2.13. The molecule has 0 aromatic carbocycles. The second kappa shape index (κ2) is 5.66. The normalized spacial score (nSPS) is 10.8. The van der Waals surface area contributed by atoms with Gasteiger partial charge in [0, 0.05) is 26.9 Å². The predicted octanol–water partition coefficient (Wildman–Crippen LogP) is -0.502. The first-order chi connectivity index (χ1) is 9.15. The molecular formula is C12H16N4O3. The van der Waals surface area contributed by atoms with Crippen molar-refractivity contribution in [3.63, 3.8) is 0 Å². The average Bonchev–Trinajstić information content (AvgIpc) is 2.65. The van der Waals surface area contributed by atoms with Crippen molar-refractivity contribution in [2.24, 2.45) is 7.05 Å². The van der Waals surface area contributed by atoms with Crippen LogP contribution in [0.15, 0.2) is 23.1 Å². The molecule has 2 heterocycles. The molecule has 0 aliphatic rings. The average molecular weight is 264 g/mol. The van der Waals surface area contributed by atoms with E-state index in [0.717, 1.165) is 0 Å². The van der Waals surface area contributed by atoms with E-state index in [0.29, 0.717) is 24.3 Å². The van der Waals surface area contributed by atoms with Crippen LogP contribution in [0.3, 0.4) is 0 Å². The molecule has 0 bridgehead atoms. The number of pyridine rings is 1. The highest BCUT2D eigenvalue weighted by atomic mass is 16.5. The monoisotopic (exact) mass is 264 g/mol. The molecule has 7 heteroatoms. The standard InChI is InChI=1S/C12H16N4O3/c1-15-11-9(4-3-5-14-11)16(12(15)18)8-10(17)13-6-7-19-2/h3-5H,6-8H2,1-2H3,(H,13,17). The van der Waals surface area contributed by atoms with Crippen LogP contribution in [0.25, 0.3) is 11.2 Å². The number of aryl methyl sites for hydroxylation is 1. The number of carbonyl (C=O) groups excluding carboxylic acids is 1. The van der Waals surface area contributed by atoms with E-state index in [1.165, 1.54) is 9.13 Å². The van der Waals surface area contributed by atoms with Gasteiger partial charge >= 0.3 is 5.69 Å². The van der Waals surface area contributed by atoms with Gasteiger partial charge in [0.05, 0.1) is 12.1 Å². The molecule has 102 valence electrons. The first kappa shape index (κ1) is 13.3. The van der Waals surface area contributed by atoms with Crippen LogP contribution in [-0.4, -0.2) is 40.3 Å². The minimum atomic E-state index is -0.254. The van der Waals surface area contributed by atoms with E-state index in [4.69, 9.17) is 4.74 Å². The molecule has 1 N–H and O–H groups in total. The third-order valence-electron chi connectivity index (χ3n) is 2.82. The lowest BCUT2D eigenvalue weighted by Crippen LogP contribution is -2.34. The summed E-state index contributed by atoms with van der Waals surface area (Å²) in [6, 6.07) is 3.51. The summed E-state index contributed by atoms with van der Waals surface area (Å²) in [4.78, 5) is 27.9. The van der Waals surface area contributed by atoms with Crippen molar-refractivity contribution in [3.8, 4) is 0 Å². The Morgan fingerprint density at radius 2 is 2.32 bits per heavy atom. The SMILES string of the molecule is COCCNC(=O)Cn1c(=O)n(C)c2ncccc21. The summed E-state index contributed by atoms with van der Waals surface area (Å²) in [6.07, 6.45) is 1.62. The van der Waals surface area contributed by atoms with Crippen LogP contribution < -0.4 is 11.0 Å². The Hall–Kier alpha value is -2.15. The van der Waals surface area contributed by atoms with E-state index in [1.54, 1.807) is 32.5 Å². The van der Waals surface area contributed by atoms with Crippen LogP contribution in [0, 0.1) is 0 Å². The van der Waals surface area contributed by atoms with Gasteiger partial charge in [0.1, 0.15) is 6.54 Å². The van der Waals surface area contributed by atoms with Crippen LogP contribution >= 0.6 is 0 Å². The first-order valence-electron chi connectivity index (χ1n) is 5.91. The lowest BCUT2D eigenvalue weighted by atomic mass is 10.4. The van der Waals surface area contributed by atoms with Crippen LogP contribution in [0.1, 0.15) is 0 Å². The first-order valence-corrected chi connectivity index (χ1v) is 5.91. The molecule has 0 spiro atoms. The van der Waals surface area contributed by atoms with Gasteiger partial charge in [-0.15, -0.1) is 0 Å². The largest absolute Gasteiger partial charge is 0.383 e. The second-order valence-electron chi connectivity index (χ2n) is 4.12. The number of nitrogens with zero attached hydrogens (tertiary/aromatic N) is 3. The Morgan fingerprint density at radius 1 is 1.53 bits per heavy atom. The molecule has 2 aromatic rings.